The molecule has 86 valence electrons. The van der Waals surface area contributed by atoms with Crippen LogP contribution in [0.3, 0.4) is 0 Å². The van der Waals surface area contributed by atoms with Gasteiger partial charge in [-0.15, -0.1) is 0 Å². The van der Waals surface area contributed by atoms with E-state index in [1.54, 1.807) is 0 Å². The van der Waals surface area contributed by atoms with Gasteiger partial charge in [-0.25, -0.2) is 0 Å². The lowest BCUT2D eigenvalue weighted by atomic mass is 9.68. The highest BCUT2D eigenvalue weighted by Crippen LogP contribution is 2.46. The lowest BCUT2D eigenvalue weighted by molar-refractivity contribution is -0.162. The second kappa shape index (κ2) is 3.89. The highest BCUT2D eigenvalue weighted by molar-refractivity contribution is 5.56. The van der Waals surface area contributed by atoms with Crippen molar-refractivity contribution >= 4 is 6.29 Å². The Morgan fingerprint density at radius 3 is 2.40 bits per heavy atom. The second-order valence-corrected chi connectivity index (χ2v) is 6.03. The predicted molar refractivity (Wildman–Crippen MR) is 59.8 cm³/mol. The number of aldehydes is 1. The molecule has 2 heteroatoms. The van der Waals surface area contributed by atoms with Crippen LogP contribution in [0.1, 0.15) is 58.8 Å². The van der Waals surface area contributed by atoms with Gasteiger partial charge in [-0.2, -0.15) is 0 Å². The van der Waals surface area contributed by atoms with Gasteiger partial charge in [0.15, 0.2) is 0 Å². The van der Waals surface area contributed by atoms with Crippen LogP contribution in [0.5, 0.6) is 0 Å². The maximum Gasteiger partial charge on any atom is 0.148 e. The Hall–Kier alpha value is -0.370. The molecule has 0 amide bonds. The van der Waals surface area contributed by atoms with Gasteiger partial charge in [-0.05, 0) is 50.4 Å². The first kappa shape index (κ1) is 11.1. The van der Waals surface area contributed by atoms with Crippen LogP contribution in [-0.2, 0) is 9.53 Å². The summed E-state index contributed by atoms with van der Waals surface area (Å²) in [5.74, 6) is 0. The standard InChI is InChI=1S/C13H22O2/c1-12(2)6-8-13(9-7-12)5-3-4-11(10-14)15-13/h10-11H,3-9H2,1-2H3. The third-order valence-electron chi connectivity index (χ3n) is 4.19. The van der Waals surface area contributed by atoms with Gasteiger partial charge >= 0.3 is 0 Å². The van der Waals surface area contributed by atoms with Crippen molar-refractivity contribution in [1.29, 1.82) is 0 Å². The maximum absolute atomic E-state index is 10.8. The van der Waals surface area contributed by atoms with Crippen LogP contribution in [-0.4, -0.2) is 18.0 Å². The molecule has 2 fully saturated rings. The van der Waals surface area contributed by atoms with E-state index in [0.717, 1.165) is 38.4 Å². The van der Waals surface area contributed by atoms with Crippen LogP contribution < -0.4 is 0 Å². The average molecular weight is 210 g/mol. The van der Waals surface area contributed by atoms with E-state index in [4.69, 9.17) is 4.74 Å². The summed E-state index contributed by atoms with van der Waals surface area (Å²) in [7, 11) is 0. The summed E-state index contributed by atoms with van der Waals surface area (Å²) in [5.41, 5.74) is 0.530. The minimum atomic E-state index is -0.125. The van der Waals surface area contributed by atoms with Gasteiger partial charge in [0.25, 0.3) is 0 Å². The summed E-state index contributed by atoms with van der Waals surface area (Å²) in [4.78, 5) is 10.8. The van der Waals surface area contributed by atoms with E-state index in [9.17, 15) is 4.79 Å². The molecule has 1 heterocycles. The van der Waals surface area contributed by atoms with Gasteiger partial charge in [0, 0.05) is 0 Å². The van der Waals surface area contributed by atoms with Gasteiger partial charge < -0.3 is 9.53 Å². The van der Waals surface area contributed by atoms with E-state index in [2.05, 4.69) is 13.8 Å². The van der Waals surface area contributed by atoms with Crippen molar-refractivity contribution in [3.05, 3.63) is 0 Å². The lowest BCUT2D eigenvalue weighted by Crippen LogP contribution is -2.45. The Morgan fingerprint density at radius 2 is 1.80 bits per heavy atom. The zero-order chi connectivity index (χ0) is 10.9. The molecule has 0 aromatic carbocycles. The minimum Gasteiger partial charge on any atom is -0.364 e. The fourth-order valence-electron chi connectivity index (χ4n) is 2.91. The first-order chi connectivity index (χ1) is 7.05. The van der Waals surface area contributed by atoms with Crippen LogP contribution in [0.15, 0.2) is 0 Å². The lowest BCUT2D eigenvalue weighted by Gasteiger charge is -2.46. The third kappa shape index (κ3) is 2.41. The number of hydrogen-bond donors (Lipinski definition) is 0. The molecule has 0 aromatic heterocycles. The van der Waals surface area contributed by atoms with Crippen LogP contribution in [0.4, 0.5) is 0 Å². The Kier molecular flexibility index (Phi) is 2.89. The molecular weight excluding hydrogens is 188 g/mol. The Bertz CT molecular complexity index is 235. The number of ether oxygens (including phenoxy) is 1. The largest absolute Gasteiger partial charge is 0.364 e. The fraction of sp³-hybridized carbons (Fsp3) is 0.923. The van der Waals surface area contributed by atoms with Crippen LogP contribution in [0.2, 0.25) is 0 Å². The van der Waals surface area contributed by atoms with Crippen LogP contribution in [0, 0.1) is 5.41 Å². The minimum absolute atomic E-state index is 0.0549. The quantitative estimate of drug-likeness (QED) is 0.622. The molecule has 0 N–H and O–H groups in total. The van der Waals surface area contributed by atoms with Crippen molar-refractivity contribution in [2.24, 2.45) is 5.41 Å². The first-order valence-corrected chi connectivity index (χ1v) is 6.18. The van der Waals surface area contributed by atoms with Gasteiger partial charge in [0.2, 0.25) is 0 Å². The molecule has 0 bridgehead atoms. The molecule has 15 heavy (non-hydrogen) atoms. The summed E-state index contributed by atoms with van der Waals surface area (Å²) >= 11 is 0. The number of rotatable bonds is 1. The number of hydrogen-bond acceptors (Lipinski definition) is 2. The summed E-state index contributed by atoms with van der Waals surface area (Å²) in [5, 5.41) is 0. The van der Waals surface area contributed by atoms with Crippen molar-refractivity contribution in [3.63, 3.8) is 0 Å². The fourth-order valence-corrected chi connectivity index (χ4v) is 2.91. The smallest absolute Gasteiger partial charge is 0.148 e. The van der Waals surface area contributed by atoms with Gasteiger partial charge in [-0.3, -0.25) is 0 Å². The summed E-state index contributed by atoms with van der Waals surface area (Å²) in [6, 6.07) is 0. The van der Waals surface area contributed by atoms with Crippen molar-refractivity contribution < 1.29 is 9.53 Å². The highest BCUT2D eigenvalue weighted by Gasteiger charge is 2.42. The molecule has 1 unspecified atom stereocenters. The summed E-state index contributed by atoms with van der Waals surface area (Å²) < 4.78 is 5.99. The van der Waals surface area contributed by atoms with E-state index >= 15 is 0 Å². The van der Waals surface area contributed by atoms with Crippen molar-refractivity contribution in [1.82, 2.24) is 0 Å². The Labute approximate surface area is 92.4 Å². The number of carbonyl (C=O) groups excluding carboxylic acids is 1. The van der Waals surface area contributed by atoms with Gasteiger partial charge in [-0.1, -0.05) is 13.8 Å². The molecule has 1 saturated heterocycles. The molecule has 2 aliphatic rings. The summed E-state index contributed by atoms with van der Waals surface area (Å²) in [6.45, 7) is 4.67. The van der Waals surface area contributed by atoms with E-state index in [0.29, 0.717) is 5.41 Å². The first-order valence-electron chi connectivity index (χ1n) is 6.18. The Balaban J connectivity index is 1.99. The highest BCUT2D eigenvalue weighted by atomic mass is 16.5. The zero-order valence-electron chi connectivity index (χ0n) is 9.92. The number of carbonyl (C=O) groups is 1. The molecule has 1 atom stereocenters. The van der Waals surface area contributed by atoms with Crippen molar-refractivity contribution in [2.75, 3.05) is 0 Å². The van der Waals surface area contributed by atoms with Crippen LogP contribution >= 0.6 is 0 Å². The monoisotopic (exact) mass is 210 g/mol. The molecular formula is C13H22O2. The van der Waals surface area contributed by atoms with Gasteiger partial charge in [0.05, 0.1) is 5.60 Å². The van der Waals surface area contributed by atoms with Crippen molar-refractivity contribution in [2.45, 2.75) is 70.5 Å². The summed E-state index contributed by atoms with van der Waals surface area (Å²) in [6.07, 6.45) is 8.86. The van der Waals surface area contributed by atoms with Crippen LogP contribution in [0.25, 0.3) is 0 Å². The average Bonchev–Trinajstić information content (AvgIpc) is 2.24. The molecule has 0 radical (unpaired) electrons. The molecule has 0 aromatic rings. The van der Waals surface area contributed by atoms with E-state index in [1.807, 2.05) is 0 Å². The third-order valence-corrected chi connectivity index (χ3v) is 4.19. The van der Waals surface area contributed by atoms with E-state index in [1.165, 1.54) is 12.8 Å². The Morgan fingerprint density at radius 1 is 1.13 bits per heavy atom. The maximum atomic E-state index is 10.8. The predicted octanol–water partition coefficient (Wildman–Crippen LogP) is 3.09. The molecule has 1 aliphatic carbocycles. The topological polar surface area (TPSA) is 26.3 Å². The van der Waals surface area contributed by atoms with E-state index < -0.39 is 0 Å². The van der Waals surface area contributed by atoms with Crippen molar-refractivity contribution in [3.8, 4) is 0 Å². The molecule has 1 spiro atoms. The molecule has 1 saturated carbocycles. The second-order valence-electron chi connectivity index (χ2n) is 6.03. The molecule has 2 nitrogen and oxygen atoms in total. The van der Waals surface area contributed by atoms with Gasteiger partial charge in [0.1, 0.15) is 12.4 Å². The zero-order valence-corrected chi connectivity index (χ0v) is 9.92. The normalized spacial score (nSPS) is 33.9. The SMILES string of the molecule is CC1(C)CCC2(CCCC(C=O)O2)CC1. The molecule has 2 rings (SSSR count). The molecule has 1 aliphatic heterocycles. The van der Waals surface area contributed by atoms with E-state index in [-0.39, 0.29) is 11.7 Å².